The van der Waals surface area contributed by atoms with Crippen LogP contribution in [0.4, 0.5) is 0 Å². The van der Waals surface area contributed by atoms with Crippen molar-refractivity contribution in [1.82, 2.24) is 0 Å². The maximum Gasteiger partial charge on any atom is -0.0349 e. The van der Waals surface area contributed by atoms with E-state index in [4.69, 9.17) is 0 Å². The minimum Gasteiger partial charge on any atom is -0.0651 e. The van der Waals surface area contributed by atoms with E-state index >= 15 is 0 Å². The Morgan fingerprint density at radius 2 is 1.04 bits per heavy atom. The van der Waals surface area contributed by atoms with Crippen molar-refractivity contribution in [2.24, 2.45) is 59.2 Å². The summed E-state index contributed by atoms with van der Waals surface area (Å²) in [6.45, 7) is 20.2. The van der Waals surface area contributed by atoms with Gasteiger partial charge in [0.15, 0.2) is 0 Å². The first-order chi connectivity index (χ1) is 12.9. The molecule has 2 fully saturated rings. The summed E-state index contributed by atoms with van der Waals surface area (Å²) in [5.41, 5.74) is 0. The Balaban J connectivity index is 2.43. The van der Waals surface area contributed by atoms with Crippen LogP contribution in [-0.4, -0.2) is 0 Å². The highest BCUT2D eigenvalue weighted by Gasteiger charge is 2.43. The van der Waals surface area contributed by atoms with Crippen molar-refractivity contribution in [3.63, 3.8) is 0 Å². The van der Waals surface area contributed by atoms with Crippen molar-refractivity contribution < 1.29 is 0 Å². The van der Waals surface area contributed by atoms with Gasteiger partial charge in [0.1, 0.15) is 0 Å². The van der Waals surface area contributed by atoms with E-state index in [2.05, 4.69) is 55.4 Å². The second-order valence-electron chi connectivity index (χ2n) is 11.2. The quantitative estimate of drug-likeness (QED) is 0.434. The lowest BCUT2D eigenvalue weighted by Gasteiger charge is -2.50. The van der Waals surface area contributed by atoms with Gasteiger partial charge in [0, 0.05) is 0 Å². The van der Waals surface area contributed by atoms with E-state index in [0.29, 0.717) is 0 Å². The van der Waals surface area contributed by atoms with Crippen molar-refractivity contribution in [3.8, 4) is 0 Å². The number of hydrogen-bond donors (Lipinski definition) is 0. The Hall–Kier alpha value is 0. The van der Waals surface area contributed by atoms with Crippen LogP contribution in [0.3, 0.4) is 0 Å². The Morgan fingerprint density at radius 3 is 1.37 bits per heavy atom. The average Bonchev–Trinajstić information content (AvgIpc) is 2.63. The Kier molecular flexibility index (Phi) is 9.21. The molecule has 27 heavy (non-hydrogen) atoms. The van der Waals surface area contributed by atoms with Crippen LogP contribution in [0.1, 0.15) is 113 Å². The molecule has 0 amide bonds. The number of rotatable bonds is 6. The standard InChI is InChI=1S/C27H52/c1-9-20(7)25-15-18(5)13-22-14-19(6)16-26(21(8)10-2)24(12-4)27(17-22)23(25)11-3/h18-27H,9-17H2,1-8H3. The average molecular weight is 377 g/mol. The molecule has 0 heterocycles. The van der Waals surface area contributed by atoms with Gasteiger partial charge in [-0.2, -0.15) is 0 Å². The third-order valence-corrected chi connectivity index (χ3v) is 9.32. The Labute approximate surface area is 172 Å². The zero-order valence-electron chi connectivity index (χ0n) is 20.1. The molecule has 0 spiro atoms. The molecule has 0 nitrogen and oxygen atoms in total. The fourth-order valence-electron chi connectivity index (χ4n) is 7.71. The molecular weight excluding hydrogens is 324 g/mol. The van der Waals surface area contributed by atoms with Crippen LogP contribution in [0.15, 0.2) is 0 Å². The van der Waals surface area contributed by atoms with E-state index in [9.17, 15) is 0 Å². The maximum atomic E-state index is 2.57. The van der Waals surface area contributed by atoms with Gasteiger partial charge in [-0.3, -0.25) is 0 Å². The SMILES string of the molecule is CCC(C)C1CC(C)CC2CC(C)CC(C(C)CC)C(CC)C(C2)C1CC. The molecule has 0 aromatic rings. The summed E-state index contributed by atoms with van der Waals surface area (Å²) >= 11 is 0. The van der Waals surface area contributed by atoms with Crippen LogP contribution in [-0.2, 0) is 0 Å². The van der Waals surface area contributed by atoms with Gasteiger partial charge in [0.05, 0.1) is 0 Å². The normalized spacial score (nSPS) is 43.1. The minimum atomic E-state index is 0.901. The summed E-state index contributed by atoms with van der Waals surface area (Å²) < 4.78 is 0. The molecule has 2 saturated carbocycles. The smallest absolute Gasteiger partial charge is 0.0349 e. The molecule has 2 rings (SSSR count). The lowest BCUT2D eigenvalue weighted by molar-refractivity contribution is -0.00391. The molecule has 0 heteroatoms. The second kappa shape index (κ2) is 10.7. The minimum absolute atomic E-state index is 0.901. The van der Waals surface area contributed by atoms with Crippen LogP contribution in [0.5, 0.6) is 0 Å². The summed E-state index contributed by atoms with van der Waals surface area (Å²) in [5.74, 6) is 9.51. The summed E-state index contributed by atoms with van der Waals surface area (Å²) in [6, 6.07) is 0. The van der Waals surface area contributed by atoms with Gasteiger partial charge >= 0.3 is 0 Å². The first kappa shape index (κ1) is 23.3. The number of hydrogen-bond acceptors (Lipinski definition) is 0. The van der Waals surface area contributed by atoms with Crippen molar-refractivity contribution in [2.45, 2.75) is 113 Å². The van der Waals surface area contributed by atoms with E-state index in [0.717, 1.165) is 59.2 Å². The van der Waals surface area contributed by atoms with Crippen LogP contribution >= 0.6 is 0 Å². The van der Waals surface area contributed by atoms with Gasteiger partial charge in [-0.15, -0.1) is 0 Å². The molecule has 0 aromatic heterocycles. The molecule has 160 valence electrons. The number of fused-ring (bicyclic) bond motifs is 2. The maximum absolute atomic E-state index is 2.57. The highest BCUT2D eigenvalue weighted by atomic mass is 14.5. The first-order valence-corrected chi connectivity index (χ1v) is 12.9. The summed E-state index contributed by atoms with van der Waals surface area (Å²) in [6.07, 6.45) is 13.1. The van der Waals surface area contributed by atoms with Crippen molar-refractivity contribution in [2.75, 3.05) is 0 Å². The topological polar surface area (TPSA) is 0 Å². The van der Waals surface area contributed by atoms with Crippen LogP contribution in [0.25, 0.3) is 0 Å². The second-order valence-corrected chi connectivity index (χ2v) is 11.2. The zero-order chi connectivity index (χ0) is 20.1. The molecule has 2 bridgehead atoms. The molecule has 0 N–H and O–H groups in total. The largest absolute Gasteiger partial charge is 0.0651 e. The van der Waals surface area contributed by atoms with Gasteiger partial charge in [-0.05, 0) is 91.3 Å². The molecule has 0 aromatic carbocycles. The Morgan fingerprint density at radius 1 is 0.630 bits per heavy atom. The fourth-order valence-corrected chi connectivity index (χ4v) is 7.71. The van der Waals surface area contributed by atoms with Gasteiger partial charge < -0.3 is 0 Å². The predicted octanol–water partition coefficient (Wildman–Crippen LogP) is 8.85. The monoisotopic (exact) mass is 376 g/mol. The van der Waals surface area contributed by atoms with Gasteiger partial charge in [0.2, 0.25) is 0 Å². The lowest BCUT2D eigenvalue weighted by atomic mass is 9.55. The third kappa shape index (κ3) is 5.54. The molecule has 2 aliphatic carbocycles. The van der Waals surface area contributed by atoms with Crippen LogP contribution in [0.2, 0.25) is 0 Å². The van der Waals surface area contributed by atoms with Crippen LogP contribution in [0, 0.1) is 59.2 Å². The van der Waals surface area contributed by atoms with E-state index in [1.165, 1.54) is 51.4 Å². The van der Waals surface area contributed by atoms with Gasteiger partial charge in [-0.25, -0.2) is 0 Å². The highest BCUT2D eigenvalue weighted by Crippen LogP contribution is 2.52. The van der Waals surface area contributed by atoms with Gasteiger partial charge in [-0.1, -0.05) is 81.1 Å². The Bertz CT molecular complexity index is 376. The third-order valence-electron chi connectivity index (χ3n) is 9.32. The van der Waals surface area contributed by atoms with E-state index in [1.807, 2.05) is 0 Å². The molecule has 8 unspecified atom stereocenters. The molecule has 0 saturated heterocycles. The summed E-state index contributed by atoms with van der Waals surface area (Å²) in [4.78, 5) is 0. The summed E-state index contributed by atoms with van der Waals surface area (Å²) in [7, 11) is 0. The fraction of sp³-hybridized carbons (Fsp3) is 1.00. The molecule has 2 aliphatic rings. The molecule has 8 atom stereocenters. The lowest BCUT2D eigenvalue weighted by Crippen LogP contribution is -2.42. The first-order valence-electron chi connectivity index (χ1n) is 12.9. The van der Waals surface area contributed by atoms with Crippen LogP contribution < -0.4 is 0 Å². The predicted molar refractivity (Wildman–Crippen MR) is 122 cm³/mol. The zero-order valence-corrected chi connectivity index (χ0v) is 20.1. The van der Waals surface area contributed by atoms with E-state index < -0.39 is 0 Å². The van der Waals surface area contributed by atoms with E-state index in [1.54, 1.807) is 6.42 Å². The van der Waals surface area contributed by atoms with Crippen molar-refractivity contribution in [1.29, 1.82) is 0 Å². The molecule has 0 aliphatic heterocycles. The molecular formula is C27H52. The van der Waals surface area contributed by atoms with E-state index in [-0.39, 0.29) is 0 Å². The van der Waals surface area contributed by atoms with Gasteiger partial charge in [0.25, 0.3) is 0 Å². The molecule has 0 radical (unpaired) electrons. The highest BCUT2D eigenvalue weighted by molar-refractivity contribution is 4.93. The summed E-state index contributed by atoms with van der Waals surface area (Å²) in [5, 5.41) is 0. The van der Waals surface area contributed by atoms with Crippen molar-refractivity contribution >= 4 is 0 Å². The van der Waals surface area contributed by atoms with Crippen molar-refractivity contribution in [3.05, 3.63) is 0 Å².